The minimum atomic E-state index is -3.77. The van der Waals surface area contributed by atoms with Gasteiger partial charge >= 0.3 is 0 Å². The number of amides is 2. The molecule has 0 aliphatic heterocycles. The average molecular weight is 494 g/mol. The second-order valence-electron chi connectivity index (χ2n) is 8.17. The van der Waals surface area contributed by atoms with Crippen molar-refractivity contribution in [3.63, 3.8) is 0 Å². The first-order chi connectivity index (χ1) is 15.5. The Kier molecular flexibility index (Phi) is 9.31. The molecule has 180 valence electrons. The van der Waals surface area contributed by atoms with E-state index >= 15 is 0 Å². The number of halogens is 1. The molecule has 1 N–H and O–H groups in total. The molecule has 2 aromatic carbocycles. The Labute approximate surface area is 201 Å². The molecular weight excluding hydrogens is 462 g/mol. The van der Waals surface area contributed by atoms with Crippen molar-refractivity contribution in [2.75, 3.05) is 24.2 Å². The fourth-order valence-corrected chi connectivity index (χ4v) is 4.66. The molecule has 33 heavy (non-hydrogen) atoms. The molecule has 0 spiro atoms. The summed E-state index contributed by atoms with van der Waals surface area (Å²) in [7, 11) is -2.26. The van der Waals surface area contributed by atoms with E-state index in [0.717, 1.165) is 21.7 Å². The van der Waals surface area contributed by atoms with Gasteiger partial charge in [0.1, 0.15) is 12.6 Å². The van der Waals surface area contributed by atoms with Crippen molar-refractivity contribution in [2.24, 2.45) is 0 Å². The topological polar surface area (TPSA) is 86.8 Å². The first-order valence-corrected chi connectivity index (χ1v) is 13.0. The van der Waals surface area contributed by atoms with Crippen LogP contribution in [0.3, 0.4) is 0 Å². The number of carbonyl (C=O) groups excluding carboxylic acids is 2. The van der Waals surface area contributed by atoms with Gasteiger partial charge in [-0.1, -0.05) is 62.7 Å². The highest BCUT2D eigenvalue weighted by molar-refractivity contribution is 7.92. The van der Waals surface area contributed by atoms with Crippen molar-refractivity contribution in [3.05, 3.63) is 64.7 Å². The molecule has 0 aliphatic carbocycles. The third-order valence-electron chi connectivity index (χ3n) is 5.41. The second-order valence-corrected chi connectivity index (χ2v) is 10.5. The van der Waals surface area contributed by atoms with E-state index in [4.69, 9.17) is 11.6 Å². The lowest BCUT2D eigenvalue weighted by molar-refractivity contribution is -0.140. The zero-order valence-electron chi connectivity index (χ0n) is 19.7. The molecule has 0 fully saturated rings. The summed E-state index contributed by atoms with van der Waals surface area (Å²) in [5.74, 6) is -0.724. The standard InChI is InChI=1S/C24H32ClN3O4S/c1-6-21(24(30)26-4)27(15-18-11-13-19(25)14-12-18)23(29)16-28(33(5,31)32)22-10-8-7-9-20(22)17(2)3/h7-14,17,21H,6,15-16H2,1-5H3,(H,26,30)/t21-/m0/s1. The molecule has 0 aromatic heterocycles. The predicted octanol–water partition coefficient (Wildman–Crippen LogP) is 3.78. The Balaban J connectivity index is 2.48. The van der Waals surface area contributed by atoms with Gasteiger partial charge in [0.25, 0.3) is 0 Å². The molecule has 0 saturated carbocycles. The molecule has 2 amide bonds. The monoisotopic (exact) mass is 493 g/mol. The summed E-state index contributed by atoms with van der Waals surface area (Å²) >= 11 is 5.98. The second kappa shape index (κ2) is 11.5. The maximum atomic E-state index is 13.6. The van der Waals surface area contributed by atoms with Crippen LogP contribution in [-0.2, 0) is 26.2 Å². The van der Waals surface area contributed by atoms with E-state index in [1.807, 2.05) is 32.9 Å². The number of rotatable bonds is 10. The van der Waals surface area contributed by atoms with E-state index in [1.54, 1.807) is 36.4 Å². The fraction of sp³-hybridized carbons (Fsp3) is 0.417. The van der Waals surface area contributed by atoms with Crippen LogP contribution in [0.4, 0.5) is 5.69 Å². The van der Waals surface area contributed by atoms with E-state index in [9.17, 15) is 18.0 Å². The molecule has 7 nitrogen and oxygen atoms in total. The summed E-state index contributed by atoms with van der Waals surface area (Å²) in [6.45, 7) is 5.47. The van der Waals surface area contributed by atoms with Crippen molar-refractivity contribution in [1.82, 2.24) is 10.2 Å². The zero-order chi connectivity index (χ0) is 24.8. The SMILES string of the molecule is CC[C@@H](C(=O)NC)N(Cc1ccc(Cl)cc1)C(=O)CN(c1ccccc1C(C)C)S(C)(=O)=O. The van der Waals surface area contributed by atoms with E-state index in [-0.39, 0.29) is 18.4 Å². The third kappa shape index (κ3) is 6.95. The van der Waals surface area contributed by atoms with E-state index in [2.05, 4.69) is 5.32 Å². The summed E-state index contributed by atoms with van der Waals surface area (Å²) in [6.07, 6.45) is 1.46. The smallest absolute Gasteiger partial charge is 0.244 e. The van der Waals surface area contributed by atoms with E-state index in [1.165, 1.54) is 11.9 Å². The van der Waals surface area contributed by atoms with Gasteiger partial charge in [-0.25, -0.2) is 8.42 Å². The Morgan fingerprint density at radius 3 is 2.18 bits per heavy atom. The van der Waals surface area contributed by atoms with E-state index in [0.29, 0.717) is 17.1 Å². The van der Waals surface area contributed by atoms with Crippen molar-refractivity contribution < 1.29 is 18.0 Å². The van der Waals surface area contributed by atoms with Crippen LogP contribution in [0.1, 0.15) is 44.2 Å². The maximum absolute atomic E-state index is 13.6. The number of hydrogen-bond acceptors (Lipinski definition) is 4. The van der Waals surface area contributed by atoms with Crippen molar-refractivity contribution in [2.45, 2.75) is 45.7 Å². The van der Waals surface area contributed by atoms with Crippen molar-refractivity contribution in [1.29, 1.82) is 0 Å². The third-order valence-corrected chi connectivity index (χ3v) is 6.78. The molecule has 0 heterocycles. The van der Waals surface area contributed by atoms with Gasteiger partial charge in [0.05, 0.1) is 11.9 Å². The Morgan fingerprint density at radius 2 is 1.67 bits per heavy atom. The minimum absolute atomic E-state index is 0.0555. The van der Waals surface area contributed by atoms with Crippen LogP contribution in [0.25, 0.3) is 0 Å². The van der Waals surface area contributed by atoms with Crippen LogP contribution < -0.4 is 9.62 Å². The minimum Gasteiger partial charge on any atom is -0.357 e. The van der Waals surface area contributed by atoms with Gasteiger partial charge in [0.2, 0.25) is 21.8 Å². The van der Waals surface area contributed by atoms with Gasteiger partial charge in [-0.3, -0.25) is 13.9 Å². The summed E-state index contributed by atoms with van der Waals surface area (Å²) in [6, 6.07) is 13.4. The van der Waals surface area contributed by atoms with Crippen molar-refractivity contribution >= 4 is 39.1 Å². The molecule has 0 bridgehead atoms. The molecule has 0 saturated heterocycles. The van der Waals surface area contributed by atoms with Gasteiger partial charge in [-0.2, -0.15) is 0 Å². The lowest BCUT2D eigenvalue weighted by Crippen LogP contribution is -2.51. The average Bonchev–Trinajstić information content (AvgIpc) is 2.77. The molecule has 2 aromatic rings. The zero-order valence-corrected chi connectivity index (χ0v) is 21.3. The number of benzene rings is 2. The number of carbonyl (C=O) groups is 2. The van der Waals surface area contributed by atoms with Crippen LogP contribution in [0, 0.1) is 0 Å². The fourth-order valence-electron chi connectivity index (χ4n) is 3.67. The summed E-state index contributed by atoms with van der Waals surface area (Å²) in [5.41, 5.74) is 2.06. The molecule has 0 radical (unpaired) electrons. The molecule has 1 atom stereocenters. The van der Waals surface area contributed by atoms with Gasteiger partial charge in [-0.05, 0) is 41.7 Å². The number of anilines is 1. The Morgan fingerprint density at radius 1 is 1.06 bits per heavy atom. The molecular formula is C24H32ClN3O4S. The van der Waals surface area contributed by atoms with Gasteiger partial charge < -0.3 is 10.2 Å². The van der Waals surface area contributed by atoms with Crippen LogP contribution in [0.15, 0.2) is 48.5 Å². The number of likely N-dealkylation sites (N-methyl/N-ethyl adjacent to an activating group) is 1. The Hall–Kier alpha value is -2.58. The van der Waals surface area contributed by atoms with Gasteiger partial charge in [0, 0.05) is 18.6 Å². The maximum Gasteiger partial charge on any atom is 0.244 e. The number of sulfonamides is 1. The normalized spacial score (nSPS) is 12.3. The van der Waals surface area contributed by atoms with Gasteiger partial charge in [0.15, 0.2) is 0 Å². The van der Waals surface area contributed by atoms with Crippen LogP contribution in [-0.4, -0.2) is 51.0 Å². The molecule has 0 unspecified atom stereocenters. The lowest BCUT2D eigenvalue weighted by atomic mass is 10.0. The molecule has 2 rings (SSSR count). The van der Waals surface area contributed by atoms with Crippen LogP contribution in [0.2, 0.25) is 5.02 Å². The lowest BCUT2D eigenvalue weighted by Gasteiger charge is -2.33. The number of hydrogen-bond donors (Lipinski definition) is 1. The summed E-state index contributed by atoms with van der Waals surface area (Å²) in [4.78, 5) is 27.6. The highest BCUT2D eigenvalue weighted by Gasteiger charge is 2.32. The predicted molar refractivity (Wildman–Crippen MR) is 133 cm³/mol. The largest absolute Gasteiger partial charge is 0.357 e. The number of nitrogens with zero attached hydrogens (tertiary/aromatic N) is 2. The molecule has 9 heteroatoms. The first-order valence-electron chi connectivity index (χ1n) is 10.8. The highest BCUT2D eigenvalue weighted by atomic mass is 35.5. The van der Waals surface area contributed by atoms with Gasteiger partial charge in [-0.15, -0.1) is 0 Å². The van der Waals surface area contributed by atoms with Crippen molar-refractivity contribution in [3.8, 4) is 0 Å². The summed E-state index contributed by atoms with van der Waals surface area (Å²) < 4.78 is 26.6. The van der Waals surface area contributed by atoms with E-state index < -0.39 is 28.5 Å². The first kappa shape index (κ1) is 26.7. The summed E-state index contributed by atoms with van der Waals surface area (Å²) in [5, 5.41) is 3.16. The number of para-hydroxylation sites is 1. The van der Waals surface area contributed by atoms with Crippen LogP contribution >= 0.6 is 11.6 Å². The highest BCUT2D eigenvalue weighted by Crippen LogP contribution is 2.29. The van der Waals surface area contributed by atoms with Crippen LogP contribution in [0.5, 0.6) is 0 Å². The quantitative estimate of drug-likeness (QED) is 0.545. The molecule has 0 aliphatic rings. The Bertz CT molecular complexity index is 1070. The number of nitrogens with one attached hydrogen (secondary N) is 1.